The molecule has 0 amide bonds. The highest BCUT2D eigenvalue weighted by molar-refractivity contribution is 7.16. The summed E-state index contributed by atoms with van der Waals surface area (Å²) in [7, 11) is 0. The zero-order valence-electron chi connectivity index (χ0n) is 8.41. The lowest BCUT2D eigenvalue weighted by atomic mass is 10.1. The van der Waals surface area contributed by atoms with E-state index in [1.165, 1.54) is 0 Å². The van der Waals surface area contributed by atoms with Crippen molar-refractivity contribution >= 4 is 22.9 Å². The number of hydrogen-bond donors (Lipinski definition) is 2. The molecule has 84 valence electrons. The van der Waals surface area contributed by atoms with Crippen molar-refractivity contribution in [3.8, 4) is 0 Å². The molecule has 0 radical (unpaired) electrons. The van der Waals surface area contributed by atoms with Crippen molar-refractivity contribution in [3.05, 3.63) is 21.3 Å². The van der Waals surface area contributed by atoms with Crippen LogP contribution in [0, 0.1) is 0 Å². The third kappa shape index (κ3) is 3.16. The number of rotatable bonds is 3. The van der Waals surface area contributed by atoms with Gasteiger partial charge in [0.1, 0.15) is 0 Å². The molecule has 5 heteroatoms. The van der Waals surface area contributed by atoms with Crippen LogP contribution < -0.4 is 11.1 Å². The first-order valence-corrected chi connectivity index (χ1v) is 6.28. The summed E-state index contributed by atoms with van der Waals surface area (Å²) in [5.74, 6) is 0. The van der Waals surface area contributed by atoms with Crippen LogP contribution in [0.15, 0.2) is 12.1 Å². The fraction of sp³-hybridized carbons (Fsp3) is 0.600. The minimum absolute atomic E-state index is 0.0346. The van der Waals surface area contributed by atoms with Crippen molar-refractivity contribution in [2.75, 3.05) is 19.7 Å². The minimum atomic E-state index is 0.0346. The van der Waals surface area contributed by atoms with Crippen molar-refractivity contribution in [3.63, 3.8) is 0 Å². The summed E-state index contributed by atoms with van der Waals surface area (Å²) >= 11 is 7.42. The first-order valence-electron chi connectivity index (χ1n) is 5.09. The van der Waals surface area contributed by atoms with E-state index >= 15 is 0 Å². The molecule has 1 aliphatic rings. The third-order valence-electron chi connectivity index (χ3n) is 2.48. The van der Waals surface area contributed by atoms with Gasteiger partial charge in [0.05, 0.1) is 17.0 Å². The molecule has 1 aliphatic heterocycles. The lowest BCUT2D eigenvalue weighted by Crippen LogP contribution is -2.39. The van der Waals surface area contributed by atoms with Gasteiger partial charge in [-0.1, -0.05) is 11.6 Å². The zero-order valence-corrected chi connectivity index (χ0v) is 9.98. The highest BCUT2D eigenvalue weighted by atomic mass is 35.5. The van der Waals surface area contributed by atoms with E-state index in [9.17, 15) is 0 Å². The molecule has 1 fully saturated rings. The number of halogens is 1. The molecule has 15 heavy (non-hydrogen) atoms. The Morgan fingerprint density at radius 3 is 3.13 bits per heavy atom. The molecule has 2 atom stereocenters. The molecule has 1 aromatic heterocycles. The molecule has 0 aliphatic carbocycles. The molecule has 0 aromatic carbocycles. The smallest absolute Gasteiger partial charge is 0.0931 e. The van der Waals surface area contributed by atoms with Crippen molar-refractivity contribution < 1.29 is 4.74 Å². The summed E-state index contributed by atoms with van der Waals surface area (Å²) in [6.07, 6.45) is 1.08. The molecule has 0 spiro atoms. The lowest BCUT2D eigenvalue weighted by Gasteiger charge is -2.25. The van der Waals surface area contributed by atoms with E-state index in [1.54, 1.807) is 11.3 Å². The quantitative estimate of drug-likeness (QED) is 0.855. The van der Waals surface area contributed by atoms with Gasteiger partial charge in [-0.15, -0.1) is 11.3 Å². The predicted molar refractivity (Wildman–Crippen MR) is 63.5 cm³/mol. The Hall–Kier alpha value is -0.130. The highest BCUT2D eigenvalue weighted by Gasteiger charge is 2.18. The van der Waals surface area contributed by atoms with Crippen LogP contribution in [0.4, 0.5) is 0 Å². The minimum Gasteiger partial charge on any atom is -0.376 e. The van der Waals surface area contributed by atoms with Crippen molar-refractivity contribution in [1.82, 2.24) is 5.32 Å². The average molecular weight is 247 g/mol. The van der Waals surface area contributed by atoms with E-state index in [1.807, 2.05) is 12.1 Å². The van der Waals surface area contributed by atoms with Gasteiger partial charge >= 0.3 is 0 Å². The summed E-state index contributed by atoms with van der Waals surface area (Å²) in [5.41, 5.74) is 6.08. The summed E-state index contributed by atoms with van der Waals surface area (Å²) in [4.78, 5) is 1.13. The standard InChI is InChI=1S/C10H15ClN2OS/c11-10-2-1-9(15-10)8(12)5-7-6-13-3-4-14-7/h1-2,7-8,13H,3-6,12H2. The van der Waals surface area contributed by atoms with Gasteiger partial charge in [0.2, 0.25) is 0 Å². The molecule has 0 saturated carbocycles. The SMILES string of the molecule is NC(CC1CNCCO1)c1ccc(Cl)s1. The van der Waals surface area contributed by atoms with Crippen molar-refractivity contribution in [1.29, 1.82) is 0 Å². The molecule has 2 rings (SSSR count). The maximum Gasteiger partial charge on any atom is 0.0931 e. The first-order chi connectivity index (χ1) is 7.25. The Kier molecular flexibility index (Phi) is 3.99. The number of nitrogens with two attached hydrogens (primary N) is 1. The topological polar surface area (TPSA) is 47.3 Å². The Morgan fingerprint density at radius 1 is 1.67 bits per heavy atom. The molecule has 2 unspecified atom stereocenters. The van der Waals surface area contributed by atoms with Crippen LogP contribution in [0.5, 0.6) is 0 Å². The fourth-order valence-corrected chi connectivity index (χ4v) is 2.77. The average Bonchev–Trinajstić information content (AvgIpc) is 2.66. The zero-order chi connectivity index (χ0) is 10.7. The van der Waals surface area contributed by atoms with Crippen LogP contribution in [0.2, 0.25) is 4.34 Å². The maximum absolute atomic E-state index is 6.08. The second kappa shape index (κ2) is 5.27. The van der Waals surface area contributed by atoms with Gasteiger partial charge in [-0.25, -0.2) is 0 Å². The van der Waals surface area contributed by atoms with Crippen LogP contribution in [0.1, 0.15) is 17.3 Å². The third-order valence-corrected chi connectivity index (χ3v) is 3.84. The van der Waals surface area contributed by atoms with Crippen LogP contribution in [-0.2, 0) is 4.74 Å². The Balaban J connectivity index is 1.88. The molecule has 2 heterocycles. The number of nitrogens with one attached hydrogen (secondary N) is 1. The maximum atomic E-state index is 6.08. The molecular weight excluding hydrogens is 232 g/mol. The van der Waals surface area contributed by atoms with Gasteiger partial charge in [0, 0.05) is 24.0 Å². The summed E-state index contributed by atoms with van der Waals surface area (Å²) in [5, 5.41) is 3.29. The summed E-state index contributed by atoms with van der Waals surface area (Å²) in [6.45, 7) is 2.62. The van der Waals surface area contributed by atoms with Crippen molar-refractivity contribution in [2.45, 2.75) is 18.6 Å². The Morgan fingerprint density at radius 2 is 2.53 bits per heavy atom. The largest absolute Gasteiger partial charge is 0.376 e. The van der Waals surface area contributed by atoms with Crippen LogP contribution in [0.25, 0.3) is 0 Å². The molecule has 3 N–H and O–H groups in total. The van der Waals surface area contributed by atoms with Crippen LogP contribution >= 0.6 is 22.9 Å². The molecule has 3 nitrogen and oxygen atoms in total. The molecular formula is C10H15ClN2OS. The Bertz CT molecular complexity index is 312. The number of hydrogen-bond acceptors (Lipinski definition) is 4. The second-order valence-electron chi connectivity index (χ2n) is 3.68. The number of thiophene rings is 1. The van der Waals surface area contributed by atoms with Crippen LogP contribution in [0.3, 0.4) is 0 Å². The van der Waals surface area contributed by atoms with E-state index in [2.05, 4.69) is 5.32 Å². The van der Waals surface area contributed by atoms with Crippen molar-refractivity contribution in [2.24, 2.45) is 5.73 Å². The number of ether oxygens (including phenoxy) is 1. The lowest BCUT2D eigenvalue weighted by molar-refractivity contribution is 0.0197. The van der Waals surface area contributed by atoms with Gasteiger partial charge in [0.15, 0.2) is 0 Å². The summed E-state index contributed by atoms with van der Waals surface area (Å²) in [6, 6.07) is 3.92. The van der Waals surface area contributed by atoms with E-state index < -0.39 is 0 Å². The van der Waals surface area contributed by atoms with E-state index in [-0.39, 0.29) is 12.1 Å². The first kappa shape index (κ1) is 11.4. The predicted octanol–water partition coefficient (Wildman–Crippen LogP) is 1.78. The number of morpholine rings is 1. The monoisotopic (exact) mass is 246 g/mol. The van der Waals surface area contributed by atoms with Gasteiger partial charge in [-0.05, 0) is 18.6 Å². The van der Waals surface area contributed by atoms with Gasteiger partial charge in [-0.3, -0.25) is 0 Å². The molecule has 1 saturated heterocycles. The Labute approximate surface area is 98.6 Å². The molecule has 1 aromatic rings. The fourth-order valence-electron chi connectivity index (χ4n) is 1.70. The van der Waals surface area contributed by atoms with Crippen LogP contribution in [-0.4, -0.2) is 25.8 Å². The van der Waals surface area contributed by atoms with Gasteiger partial charge < -0.3 is 15.8 Å². The normalized spacial score (nSPS) is 24.0. The van der Waals surface area contributed by atoms with Gasteiger partial charge in [0.25, 0.3) is 0 Å². The summed E-state index contributed by atoms with van der Waals surface area (Å²) < 4.78 is 6.40. The highest BCUT2D eigenvalue weighted by Crippen LogP contribution is 2.28. The van der Waals surface area contributed by atoms with E-state index in [0.29, 0.717) is 0 Å². The van der Waals surface area contributed by atoms with E-state index in [4.69, 9.17) is 22.1 Å². The second-order valence-corrected chi connectivity index (χ2v) is 5.43. The van der Waals surface area contributed by atoms with E-state index in [0.717, 1.165) is 35.3 Å². The van der Waals surface area contributed by atoms with Gasteiger partial charge in [-0.2, -0.15) is 0 Å². The molecule has 0 bridgehead atoms.